The maximum Gasteiger partial charge on any atom is 0.132 e. The number of fused-ring (bicyclic) bond motifs is 3. The van der Waals surface area contributed by atoms with Crippen LogP contribution in [-0.4, -0.2) is 41.6 Å². The molecule has 0 amide bonds. The van der Waals surface area contributed by atoms with Gasteiger partial charge in [0.2, 0.25) is 0 Å². The van der Waals surface area contributed by atoms with Gasteiger partial charge in [-0.2, -0.15) is 0 Å². The molecule has 18 heavy (non-hydrogen) atoms. The van der Waals surface area contributed by atoms with Gasteiger partial charge in [-0.05, 0) is 44.7 Å². The molecule has 0 unspecified atom stereocenters. The van der Waals surface area contributed by atoms with Gasteiger partial charge in [0, 0.05) is 37.9 Å². The first-order valence-electron chi connectivity index (χ1n) is 7.20. The van der Waals surface area contributed by atoms with E-state index in [4.69, 9.17) is 0 Å². The van der Waals surface area contributed by atoms with Crippen molar-refractivity contribution in [3.63, 3.8) is 0 Å². The molecule has 3 heterocycles. The fraction of sp³-hybridized carbons (Fsp3) is 0.667. The third-order valence-electron chi connectivity index (χ3n) is 4.37. The standard InChI is InChI=1S/C15H23N3/c1-12(2)17-9-10-18-14(11-17)7-3-5-13-6-4-8-16-15(13)18/h4,6,8,12,14H,3,5,7,9-11H2,1-2H3/t14-/m0/s1. The Kier molecular flexibility index (Phi) is 3.25. The molecule has 98 valence electrons. The Morgan fingerprint density at radius 2 is 2.22 bits per heavy atom. The molecule has 3 rings (SSSR count). The van der Waals surface area contributed by atoms with Gasteiger partial charge in [-0.1, -0.05) is 6.07 Å². The lowest BCUT2D eigenvalue weighted by Gasteiger charge is -2.43. The molecule has 1 atom stereocenters. The van der Waals surface area contributed by atoms with Crippen molar-refractivity contribution in [2.24, 2.45) is 0 Å². The van der Waals surface area contributed by atoms with Crippen LogP contribution in [0.1, 0.15) is 32.3 Å². The molecule has 0 radical (unpaired) electrons. The van der Waals surface area contributed by atoms with E-state index in [9.17, 15) is 0 Å². The molecule has 1 saturated heterocycles. The van der Waals surface area contributed by atoms with Crippen LogP contribution in [0, 0.1) is 0 Å². The fourth-order valence-electron chi connectivity index (χ4n) is 3.29. The van der Waals surface area contributed by atoms with Crippen molar-refractivity contribution in [3.8, 4) is 0 Å². The third kappa shape index (κ3) is 2.12. The molecule has 1 aromatic heterocycles. The van der Waals surface area contributed by atoms with E-state index in [0.717, 1.165) is 6.54 Å². The van der Waals surface area contributed by atoms with Gasteiger partial charge in [0.15, 0.2) is 0 Å². The minimum atomic E-state index is 0.664. The number of hydrogen-bond donors (Lipinski definition) is 0. The number of nitrogens with zero attached hydrogens (tertiary/aromatic N) is 3. The Labute approximate surface area is 110 Å². The van der Waals surface area contributed by atoms with Crippen LogP contribution >= 0.6 is 0 Å². The lowest BCUT2D eigenvalue weighted by molar-refractivity contribution is 0.177. The number of piperazine rings is 1. The molecule has 0 bridgehead atoms. The van der Waals surface area contributed by atoms with Crippen molar-refractivity contribution < 1.29 is 0 Å². The predicted octanol–water partition coefficient (Wildman–Crippen LogP) is 2.32. The molecule has 2 aliphatic rings. The van der Waals surface area contributed by atoms with Crippen LogP contribution in [0.3, 0.4) is 0 Å². The molecular formula is C15H23N3. The van der Waals surface area contributed by atoms with E-state index in [0.29, 0.717) is 12.1 Å². The summed E-state index contributed by atoms with van der Waals surface area (Å²) in [5, 5.41) is 0. The van der Waals surface area contributed by atoms with Crippen molar-refractivity contribution in [1.82, 2.24) is 9.88 Å². The number of hydrogen-bond acceptors (Lipinski definition) is 3. The number of aromatic nitrogens is 1. The number of aryl methyl sites for hydroxylation is 1. The minimum absolute atomic E-state index is 0.664. The molecular weight excluding hydrogens is 222 g/mol. The van der Waals surface area contributed by atoms with Gasteiger partial charge < -0.3 is 4.90 Å². The summed E-state index contributed by atoms with van der Waals surface area (Å²) in [4.78, 5) is 9.80. The number of anilines is 1. The summed E-state index contributed by atoms with van der Waals surface area (Å²) < 4.78 is 0. The second kappa shape index (κ2) is 4.88. The van der Waals surface area contributed by atoms with Crippen molar-refractivity contribution in [1.29, 1.82) is 0 Å². The van der Waals surface area contributed by atoms with Crippen LogP contribution in [0.15, 0.2) is 18.3 Å². The summed E-state index contributed by atoms with van der Waals surface area (Å²) in [7, 11) is 0. The minimum Gasteiger partial charge on any atom is -0.351 e. The monoisotopic (exact) mass is 245 g/mol. The van der Waals surface area contributed by atoms with Gasteiger partial charge in [0.25, 0.3) is 0 Å². The molecule has 0 aromatic carbocycles. The summed E-state index contributed by atoms with van der Waals surface area (Å²) in [6.07, 6.45) is 5.74. The smallest absolute Gasteiger partial charge is 0.132 e. The molecule has 3 nitrogen and oxygen atoms in total. The Morgan fingerprint density at radius 1 is 1.33 bits per heavy atom. The van der Waals surface area contributed by atoms with E-state index in [1.165, 1.54) is 43.7 Å². The van der Waals surface area contributed by atoms with Crippen molar-refractivity contribution in [2.45, 2.75) is 45.2 Å². The van der Waals surface area contributed by atoms with E-state index in [2.05, 4.69) is 40.8 Å². The first-order chi connectivity index (χ1) is 8.75. The summed E-state index contributed by atoms with van der Waals surface area (Å²) in [6.45, 7) is 8.11. The van der Waals surface area contributed by atoms with E-state index in [1.807, 2.05) is 6.20 Å². The predicted molar refractivity (Wildman–Crippen MR) is 75.0 cm³/mol. The molecule has 0 saturated carbocycles. The van der Waals surface area contributed by atoms with Gasteiger partial charge >= 0.3 is 0 Å². The van der Waals surface area contributed by atoms with Gasteiger partial charge in [-0.3, -0.25) is 4.90 Å². The summed E-state index contributed by atoms with van der Waals surface area (Å²) >= 11 is 0. The molecule has 1 fully saturated rings. The highest BCUT2D eigenvalue weighted by Gasteiger charge is 2.31. The molecule has 0 aliphatic carbocycles. The van der Waals surface area contributed by atoms with Gasteiger partial charge in [-0.15, -0.1) is 0 Å². The van der Waals surface area contributed by atoms with Crippen LogP contribution in [-0.2, 0) is 6.42 Å². The Morgan fingerprint density at radius 3 is 3.06 bits per heavy atom. The van der Waals surface area contributed by atoms with Gasteiger partial charge in [0.05, 0.1) is 0 Å². The second-order valence-corrected chi connectivity index (χ2v) is 5.81. The average Bonchev–Trinajstić information content (AvgIpc) is 2.57. The lowest BCUT2D eigenvalue weighted by Crippen LogP contribution is -2.55. The van der Waals surface area contributed by atoms with Crippen LogP contribution < -0.4 is 4.90 Å². The summed E-state index contributed by atoms with van der Waals surface area (Å²) in [5.41, 5.74) is 1.44. The zero-order valence-corrected chi connectivity index (χ0v) is 11.5. The summed E-state index contributed by atoms with van der Waals surface area (Å²) in [6, 6.07) is 5.65. The molecule has 2 aliphatic heterocycles. The third-order valence-corrected chi connectivity index (χ3v) is 4.37. The summed E-state index contributed by atoms with van der Waals surface area (Å²) in [5.74, 6) is 1.25. The van der Waals surface area contributed by atoms with Crippen LogP contribution in [0.4, 0.5) is 5.82 Å². The molecule has 3 heteroatoms. The maximum atomic E-state index is 4.64. The highest BCUT2D eigenvalue weighted by molar-refractivity contribution is 5.49. The quantitative estimate of drug-likeness (QED) is 0.757. The van der Waals surface area contributed by atoms with Crippen molar-refractivity contribution in [2.75, 3.05) is 24.5 Å². The molecule has 1 aromatic rings. The van der Waals surface area contributed by atoms with Gasteiger partial charge in [-0.25, -0.2) is 4.98 Å². The van der Waals surface area contributed by atoms with Crippen LogP contribution in [0.25, 0.3) is 0 Å². The zero-order chi connectivity index (χ0) is 12.5. The highest BCUT2D eigenvalue weighted by Crippen LogP contribution is 2.29. The molecule has 0 N–H and O–H groups in total. The normalized spacial score (nSPS) is 24.6. The Balaban J connectivity index is 1.86. The van der Waals surface area contributed by atoms with Crippen molar-refractivity contribution >= 4 is 5.82 Å². The molecule has 0 spiro atoms. The lowest BCUT2D eigenvalue weighted by atomic mass is 10.1. The van der Waals surface area contributed by atoms with E-state index in [-0.39, 0.29) is 0 Å². The maximum absolute atomic E-state index is 4.64. The van der Waals surface area contributed by atoms with Crippen LogP contribution in [0.5, 0.6) is 0 Å². The highest BCUT2D eigenvalue weighted by atomic mass is 15.3. The average molecular weight is 245 g/mol. The SMILES string of the molecule is CC(C)N1CCN2c3ncccc3CCC[C@H]2C1. The Bertz CT molecular complexity index is 416. The fourth-order valence-corrected chi connectivity index (χ4v) is 3.29. The van der Waals surface area contributed by atoms with Gasteiger partial charge in [0.1, 0.15) is 5.82 Å². The van der Waals surface area contributed by atoms with Crippen molar-refractivity contribution in [3.05, 3.63) is 23.9 Å². The first-order valence-corrected chi connectivity index (χ1v) is 7.20. The van der Waals surface area contributed by atoms with E-state index in [1.54, 1.807) is 0 Å². The number of pyridine rings is 1. The second-order valence-electron chi connectivity index (χ2n) is 5.81. The largest absolute Gasteiger partial charge is 0.351 e. The van der Waals surface area contributed by atoms with E-state index >= 15 is 0 Å². The number of rotatable bonds is 1. The first kappa shape index (κ1) is 12.0. The zero-order valence-electron chi connectivity index (χ0n) is 11.5. The van der Waals surface area contributed by atoms with E-state index < -0.39 is 0 Å². The Hall–Kier alpha value is -1.09. The van der Waals surface area contributed by atoms with Crippen LogP contribution in [0.2, 0.25) is 0 Å². The topological polar surface area (TPSA) is 19.4 Å².